The topological polar surface area (TPSA) is 85.2 Å². The van der Waals surface area contributed by atoms with Crippen LogP contribution in [0.2, 0.25) is 0 Å². The Morgan fingerprint density at radius 3 is 2.52 bits per heavy atom. The van der Waals surface area contributed by atoms with Crippen LogP contribution < -0.4 is 5.43 Å². The van der Waals surface area contributed by atoms with Gasteiger partial charge >= 0.3 is 0 Å². The Labute approximate surface area is 182 Å². The molecule has 1 aliphatic heterocycles. The molecule has 2 aromatic carbocycles. The van der Waals surface area contributed by atoms with E-state index in [4.69, 9.17) is 0 Å². The molecule has 0 saturated carbocycles. The monoisotopic (exact) mass is 420 g/mol. The summed E-state index contributed by atoms with van der Waals surface area (Å²) in [6.45, 7) is 8.27. The van der Waals surface area contributed by atoms with Gasteiger partial charge in [0.2, 0.25) is 0 Å². The first kappa shape index (κ1) is 22.2. The van der Waals surface area contributed by atoms with Crippen LogP contribution in [-0.2, 0) is 11.2 Å². The Morgan fingerprint density at radius 1 is 1.13 bits per heavy atom. The number of phenolic OH excluding ortho intramolecular Hbond substituents is 1. The molecule has 7 nitrogen and oxygen atoms in total. The number of piperazine rings is 1. The Hall–Kier alpha value is -3.45. The summed E-state index contributed by atoms with van der Waals surface area (Å²) in [5, 5.41) is 14.2. The maximum absolute atomic E-state index is 12.6. The summed E-state index contributed by atoms with van der Waals surface area (Å²) in [5.74, 6) is -0.0849. The summed E-state index contributed by atoms with van der Waals surface area (Å²) in [5.41, 5.74) is 5.59. The van der Waals surface area contributed by atoms with E-state index in [-0.39, 0.29) is 24.1 Å². The first-order valence-corrected chi connectivity index (χ1v) is 10.3. The van der Waals surface area contributed by atoms with Gasteiger partial charge in [-0.2, -0.15) is 5.10 Å². The van der Waals surface area contributed by atoms with Gasteiger partial charge in [-0.3, -0.25) is 14.5 Å². The van der Waals surface area contributed by atoms with Gasteiger partial charge in [-0.25, -0.2) is 5.43 Å². The van der Waals surface area contributed by atoms with Crippen LogP contribution in [-0.4, -0.2) is 65.7 Å². The smallest absolute Gasteiger partial charge is 0.254 e. The zero-order valence-electron chi connectivity index (χ0n) is 17.8. The fourth-order valence-corrected chi connectivity index (χ4v) is 3.44. The molecular weight excluding hydrogens is 392 g/mol. The van der Waals surface area contributed by atoms with Gasteiger partial charge in [0, 0.05) is 37.3 Å². The largest absolute Gasteiger partial charge is 0.507 e. The third kappa shape index (κ3) is 6.02. The van der Waals surface area contributed by atoms with Crippen LogP contribution in [0.3, 0.4) is 0 Å². The molecule has 1 fully saturated rings. The van der Waals surface area contributed by atoms with Gasteiger partial charge in [-0.05, 0) is 37.1 Å². The average Bonchev–Trinajstić information content (AvgIpc) is 2.77. The molecule has 0 aliphatic carbocycles. The summed E-state index contributed by atoms with van der Waals surface area (Å²) in [6, 6.07) is 12.9. The summed E-state index contributed by atoms with van der Waals surface area (Å²) >= 11 is 0. The van der Waals surface area contributed by atoms with Crippen LogP contribution in [0.1, 0.15) is 27.0 Å². The lowest BCUT2D eigenvalue weighted by molar-refractivity contribution is -0.122. The van der Waals surface area contributed by atoms with Crippen molar-refractivity contribution in [2.45, 2.75) is 13.3 Å². The van der Waals surface area contributed by atoms with Crippen molar-refractivity contribution in [2.24, 2.45) is 5.10 Å². The van der Waals surface area contributed by atoms with Crippen molar-refractivity contribution in [3.63, 3.8) is 0 Å². The van der Waals surface area contributed by atoms with Crippen molar-refractivity contribution < 1.29 is 14.7 Å². The van der Waals surface area contributed by atoms with Gasteiger partial charge in [-0.15, -0.1) is 6.58 Å². The highest BCUT2D eigenvalue weighted by atomic mass is 16.3. The number of hydrogen-bond acceptors (Lipinski definition) is 5. The van der Waals surface area contributed by atoms with Crippen LogP contribution in [0.5, 0.6) is 5.75 Å². The van der Waals surface area contributed by atoms with Crippen molar-refractivity contribution in [2.75, 3.05) is 32.7 Å². The molecule has 1 aliphatic rings. The summed E-state index contributed by atoms with van der Waals surface area (Å²) in [4.78, 5) is 28.6. The number of rotatable bonds is 7. The molecular formula is C24H28N4O3. The number of nitrogens with zero attached hydrogens (tertiary/aromatic N) is 3. The van der Waals surface area contributed by atoms with E-state index in [1.165, 1.54) is 6.21 Å². The van der Waals surface area contributed by atoms with Crippen LogP contribution in [0.4, 0.5) is 0 Å². The molecule has 31 heavy (non-hydrogen) atoms. The minimum Gasteiger partial charge on any atom is -0.507 e. The summed E-state index contributed by atoms with van der Waals surface area (Å²) in [6.07, 6.45) is 3.70. The average molecular weight is 421 g/mol. The first-order valence-electron chi connectivity index (χ1n) is 10.3. The van der Waals surface area contributed by atoms with Gasteiger partial charge in [-0.1, -0.05) is 35.9 Å². The first-order chi connectivity index (χ1) is 15.0. The molecule has 162 valence electrons. The Kier molecular flexibility index (Phi) is 7.56. The molecule has 0 atom stereocenters. The number of hydrazone groups is 1. The van der Waals surface area contributed by atoms with E-state index in [0.717, 1.165) is 11.1 Å². The zero-order valence-corrected chi connectivity index (χ0v) is 17.8. The fourth-order valence-electron chi connectivity index (χ4n) is 3.44. The Morgan fingerprint density at radius 2 is 1.84 bits per heavy atom. The second kappa shape index (κ2) is 10.5. The van der Waals surface area contributed by atoms with Gasteiger partial charge in [0.15, 0.2) is 0 Å². The number of aryl methyl sites for hydroxylation is 1. The minimum atomic E-state index is -0.240. The predicted molar refractivity (Wildman–Crippen MR) is 121 cm³/mol. The molecule has 1 saturated heterocycles. The predicted octanol–water partition coefficient (Wildman–Crippen LogP) is 2.34. The van der Waals surface area contributed by atoms with Crippen molar-refractivity contribution in [1.82, 2.24) is 15.2 Å². The molecule has 2 N–H and O–H groups in total. The Bertz CT molecular complexity index is 961. The fraction of sp³-hybridized carbons (Fsp3) is 0.292. The number of amides is 2. The highest BCUT2D eigenvalue weighted by Gasteiger charge is 2.23. The quantitative estimate of drug-likeness (QED) is 0.409. The number of phenols is 1. The van der Waals surface area contributed by atoms with E-state index in [0.29, 0.717) is 43.7 Å². The number of nitrogens with one attached hydrogen (secondary N) is 1. The van der Waals surface area contributed by atoms with Crippen molar-refractivity contribution in [3.05, 3.63) is 77.4 Å². The normalized spacial score (nSPS) is 14.5. The number of allylic oxidation sites excluding steroid dienone is 1. The molecule has 0 spiro atoms. The van der Waals surface area contributed by atoms with Crippen LogP contribution in [0.25, 0.3) is 0 Å². The van der Waals surface area contributed by atoms with Gasteiger partial charge < -0.3 is 10.0 Å². The highest BCUT2D eigenvalue weighted by molar-refractivity contribution is 5.94. The second-order valence-electron chi connectivity index (χ2n) is 7.58. The molecule has 1 heterocycles. The third-order valence-electron chi connectivity index (χ3n) is 5.23. The number of hydrogen-bond donors (Lipinski definition) is 2. The Balaban J connectivity index is 1.45. The minimum absolute atomic E-state index is 0.0205. The van der Waals surface area contributed by atoms with Crippen molar-refractivity contribution in [3.8, 4) is 5.75 Å². The number of carbonyl (C=O) groups excluding carboxylic acids is 2. The lowest BCUT2D eigenvalue weighted by Gasteiger charge is -2.34. The maximum Gasteiger partial charge on any atom is 0.254 e. The molecule has 7 heteroatoms. The van der Waals surface area contributed by atoms with Gasteiger partial charge in [0.1, 0.15) is 5.75 Å². The molecule has 0 bridgehead atoms. The SMILES string of the molecule is C=CCc1cccc(/C=N/NC(=O)CN2CCN(C(=O)c3ccc(C)cc3)CC2)c1O. The van der Waals surface area contributed by atoms with E-state index in [9.17, 15) is 14.7 Å². The maximum atomic E-state index is 12.6. The van der Waals surface area contributed by atoms with Crippen molar-refractivity contribution in [1.29, 1.82) is 0 Å². The lowest BCUT2D eigenvalue weighted by Crippen LogP contribution is -2.50. The van der Waals surface area contributed by atoms with Gasteiger partial charge in [0.25, 0.3) is 11.8 Å². The van der Waals surface area contributed by atoms with E-state index in [1.807, 2.05) is 53.1 Å². The third-order valence-corrected chi connectivity index (χ3v) is 5.23. The van der Waals surface area contributed by atoms with E-state index < -0.39 is 0 Å². The van der Waals surface area contributed by atoms with E-state index in [1.54, 1.807) is 12.1 Å². The lowest BCUT2D eigenvalue weighted by atomic mass is 10.1. The highest BCUT2D eigenvalue weighted by Crippen LogP contribution is 2.21. The van der Waals surface area contributed by atoms with Crippen LogP contribution in [0, 0.1) is 6.92 Å². The number of carbonyl (C=O) groups is 2. The summed E-state index contributed by atoms with van der Waals surface area (Å²) < 4.78 is 0. The molecule has 0 aromatic heterocycles. The molecule has 3 rings (SSSR count). The number of aromatic hydroxyl groups is 1. The second-order valence-corrected chi connectivity index (χ2v) is 7.58. The van der Waals surface area contributed by atoms with Crippen molar-refractivity contribution >= 4 is 18.0 Å². The molecule has 0 radical (unpaired) electrons. The van der Waals surface area contributed by atoms with Crippen LogP contribution >= 0.6 is 0 Å². The number of benzene rings is 2. The molecule has 2 amide bonds. The standard InChI is InChI=1S/C24H28N4O3/c1-3-5-19-6-4-7-21(23(19)30)16-25-26-22(29)17-27-12-14-28(15-13-27)24(31)20-10-8-18(2)9-11-20/h3-4,6-11,16,30H,1,5,12-15,17H2,2H3,(H,26,29)/b25-16+. The number of para-hydroxylation sites is 1. The zero-order chi connectivity index (χ0) is 22.2. The van der Waals surface area contributed by atoms with E-state index in [2.05, 4.69) is 17.1 Å². The van der Waals surface area contributed by atoms with Crippen LogP contribution in [0.15, 0.2) is 60.2 Å². The van der Waals surface area contributed by atoms with Gasteiger partial charge in [0.05, 0.1) is 12.8 Å². The summed E-state index contributed by atoms with van der Waals surface area (Å²) in [7, 11) is 0. The molecule has 0 unspecified atom stereocenters. The molecule has 2 aromatic rings. The van der Waals surface area contributed by atoms with E-state index >= 15 is 0 Å².